The first-order valence-corrected chi connectivity index (χ1v) is 10.2. The Kier molecular flexibility index (Phi) is 5.89. The van der Waals surface area contributed by atoms with Crippen LogP contribution in [0.4, 0.5) is 5.69 Å². The monoisotopic (exact) mass is 394 g/mol. The van der Waals surface area contributed by atoms with Gasteiger partial charge < -0.3 is 5.32 Å². The molecule has 1 amide bonds. The number of aryl methyl sites for hydroxylation is 2. The second kappa shape index (κ2) is 8.19. The van der Waals surface area contributed by atoms with E-state index < -0.39 is 0 Å². The minimum absolute atomic E-state index is 0.0652. The largest absolute Gasteiger partial charge is 0.325 e. The number of hydrogen-bond donors (Lipinski definition) is 1. The molecule has 0 radical (unpaired) electrons. The highest BCUT2D eigenvalue weighted by Crippen LogP contribution is 2.24. The average molecular weight is 395 g/mol. The minimum atomic E-state index is -0.0652. The minimum Gasteiger partial charge on any atom is -0.325 e. The van der Waals surface area contributed by atoms with Gasteiger partial charge in [-0.3, -0.25) is 9.36 Å². The van der Waals surface area contributed by atoms with Crippen molar-refractivity contribution in [3.05, 3.63) is 65.5 Å². The molecule has 0 aliphatic heterocycles. The molecule has 3 rings (SSSR count). The Balaban J connectivity index is 1.65. The first-order valence-electron chi connectivity index (χ1n) is 9.26. The maximum Gasteiger partial charge on any atom is 0.234 e. The summed E-state index contributed by atoms with van der Waals surface area (Å²) in [5.41, 5.74) is 4.32. The molecule has 0 atom stereocenters. The molecule has 0 saturated carbocycles. The number of carbonyl (C=O) groups excluding carboxylic acids is 1. The summed E-state index contributed by atoms with van der Waals surface area (Å²) in [5, 5.41) is 12.1. The van der Waals surface area contributed by atoms with Crippen LogP contribution in [-0.4, -0.2) is 26.4 Å². The van der Waals surface area contributed by atoms with Crippen LogP contribution in [0.3, 0.4) is 0 Å². The van der Waals surface area contributed by atoms with Gasteiger partial charge in [-0.1, -0.05) is 62.4 Å². The molecule has 5 nitrogen and oxygen atoms in total. The number of hydrogen-bond acceptors (Lipinski definition) is 4. The van der Waals surface area contributed by atoms with Crippen molar-refractivity contribution >= 4 is 23.4 Å². The van der Waals surface area contributed by atoms with E-state index in [2.05, 4.69) is 67.5 Å². The lowest BCUT2D eigenvalue weighted by atomic mass is 9.87. The Labute approximate surface area is 170 Å². The number of nitrogens with zero attached hydrogens (tertiary/aromatic N) is 3. The standard InChI is InChI=1S/C22H26N4OS/c1-15-6-12-19(13-7-15)26-16(2)24-25-21(26)28-14-20(27)23-18-10-8-17(9-11-18)22(3,4)5/h6-13H,14H2,1-5H3,(H,23,27). The van der Waals surface area contributed by atoms with Gasteiger partial charge in [-0.15, -0.1) is 10.2 Å². The molecule has 0 aliphatic carbocycles. The molecule has 0 aliphatic rings. The quantitative estimate of drug-likeness (QED) is 0.625. The SMILES string of the molecule is Cc1ccc(-n2c(C)nnc2SCC(=O)Nc2ccc(C(C)(C)C)cc2)cc1. The molecule has 1 aromatic heterocycles. The fourth-order valence-corrected chi connectivity index (χ4v) is 3.61. The van der Waals surface area contributed by atoms with Gasteiger partial charge in [0.1, 0.15) is 5.82 Å². The molecule has 2 aromatic carbocycles. The van der Waals surface area contributed by atoms with Crippen LogP contribution in [0.2, 0.25) is 0 Å². The predicted octanol–water partition coefficient (Wildman–Crippen LogP) is 4.91. The second-order valence-electron chi connectivity index (χ2n) is 7.86. The van der Waals surface area contributed by atoms with Gasteiger partial charge in [0.05, 0.1) is 5.75 Å². The molecule has 3 aromatic rings. The molecule has 0 saturated heterocycles. The number of amides is 1. The van der Waals surface area contributed by atoms with Crippen molar-refractivity contribution in [3.8, 4) is 5.69 Å². The highest BCUT2D eigenvalue weighted by Gasteiger charge is 2.15. The van der Waals surface area contributed by atoms with Crippen molar-refractivity contribution in [2.45, 2.75) is 45.2 Å². The summed E-state index contributed by atoms with van der Waals surface area (Å²) >= 11 is 1.38. The molecule has 0 bridgehead atoms. The first-order chi connectivity index (χ1) is 13.2. The fraction of sp³-hybridized carbons (Fsp3) is 0.318. The van der Waals surface area contributed by atoms with Gasteiger partial charge in [0, 0.05) is 11.4 Å². The van der Waals surface area contributed by atoms with Crippen LogP contribution in [0.15, 0.2) is 53.7 Å². The molecule has 0 unspecified atom stereocenters. The van der Waals surface area contributed by atoms with Gasteiger partial charge in [-0.2, -0.15) is 0 Å². The molecule has 0 spiro atoms. The van der Waals surface area contributed by atoms with E-state index in [1.807, 2.05) is 35.8 Å². The zero-order valence-corrected chi connectivity index (χ0v) is 17.8. The fourth-order valence-electron chi connectivity index (χ4n) is 2.81. The predicted molar refractivity (Wildman–Crippen MR) is 115 cm³/mol. The van der Waals surface area contributed by atoms with E-state index in [-0.39, 0.29) is 17.1 Å². The van der Waals surface area contributed by atoms with E-state index in [1.165, 1.54) is 22.9 Å². The highest BCUT2D eigenvalue weighted by atomic mass is 32.2. The van der Waals surface area contributed by atoms with Gasteiger partial charge in [-0.05, 0) is 49.1 Å². The number of carbonyl (C=O) groups is 1. The average Bonchev–Trinajstić information content (AvgIpc) is 3.01. The Morgan fingerprint density at radius 1 is 1.00 bits per heavy atom. The second-order valence-corrected chi connectivity index (χ2v) is 8.81. The van der Waals surface area contributed by atoms with E-state index in [1.54, 1.807) is 0 Å². The molecule has 1 heterocycles. The smallest absolute Gasteiger partial charge is 0.234 e. The Hall–Kier alpha value is -2.60. The van der Waals surface area contributed by atoms with Crippen LogP contribution in [0.1, 0.15) is 37.7 Å². The van der Waals surface area contributed by atoms with Crippen molar-refractivity contribution in [2.75, 3.05) is 11.1 Å². The molecule has 146 valence electrons. The van der Waals surface area contributed by atoms with Crippen LogP contribution in [-0.2, 0) is 10.2 Å². The van der Waals surface area contributed by atoms with Crippen molar-refractivity contribution < 1.29 is 4.79 Å². The van der Waals surface area contributed by atoms with E-state index in [0.29, 0.717) is 5.16 Å². The summed E-state index contributed by atoms with van der Waals surface area (Å²) in [7, 11) is 0. The Bertz CT molecular complexity index is 954. The number of nitrogens with one attached hydrogen (secondary N) is 1. The molecule has 1 N–H and O–H groups in total. The van der Waals surface area contributed by atoms with Crippen molar-refractivity contribution in [1.82, 2.24) is 14.8 Å². The number of anilines is 1. The topological polar surface area (TPSA) is 59.8 Å². The summed E-state index contributed by atoms with van der Waals surface area (Å²) in [6.45, 7) is 10.5. The maximum absolute atomic E-state index is 12.4. The Morgan fingerprint density at radius 2 is 1.64 bits per heavy atom. The molecular weight excluding hydrogens is 368 g/mol. The molecule has 28 heavy (non-hydrogen) atoms. The van der Waals surface area contributed by atoms with Gasteiger partial charge in [0.15, 0.2) is 5.16 Å². The third-order valence-electron chi connectivity index (χ3n) is 4.45. The third-order valence-corrected chi connectivity index (χ3v) is 5.38. The summed E-state index contributed by atoms with van der Waals surface area (Å²) in [4.78, 5) is 12.4. The van der Waals surface area contributed by atoms with E-state index in [0.717, 1.165) is 17.2 Å². The van der Waals surface area contributed by atoms with Gasteiger partial charge in [-0.25, -0.2) is 0 Å². The number of aromatic nitrogens is 3. The molecule has 0 fully saturated rings. The number of rotatable bonds is 5. The van der Waals surface area contributed by atoms with E-state index >= 15 is 0 Å². The van der Waals surface area contributed by atoms with Crippen LogP contribution < -0.4 is 5.32 Å². The summed E-state index contributed by atoms with van der Waals surface area (Å²) < 4.78 is 1.97. The molecular formula is C22H26N4OS. The van der Waals surface area contributed by atoms with Crippen molar-refractivity contribution in [3.63, 3.8) is 0 Å². The van der Waals surface area contributed by atoms with E-state index in [4.69, 9.17) is 0 Å². The van der Waals surface area contributed by atoms with Crippen LogP contribution in [0, 0.1) is 13.8 Å². The van der Waals surface area contributed by atoms with E-state index in [9.17, 15) is 4.79 Å². The zero-order valence-electron chi connectivity index (χ0n) is 17.0. The normalized spacial score (nSPS) is 11.5. The summed E-state index contributed by atoms with van der Waals surface area (Å²) in [6, 6.07) is 16.2. The van der Waals surface area contributed by atoms with Gasteiger partial charge in [0.2, 0.25) is 5.91 Å². The lowest BCUT2D eigenvalue weighted by molar-refractivity contribution is -0.113. The zero-order chi connectivity index (χ0) is 20.3. The van der Waals surface area contributed by atoms with Gasteiger partial charge in [0.25, 0.3) is 0 Å². The van der Waals surface area contributed by atoms with Gasteiger partial charge >= 0.3 is 0 Å². The Morgan fingerprint density at radius 3 is 2.25 bits per heavy atom. The number of thioether (sulfide) groups is 1. The van der Waals surface area contributed by atoms with Crippen LogP contribution in [0.5, 0.6) is 0 Å². The summed E-state index contributed by atoms with van der Waals surface area (Å²) in [6.07, 6.45) is 0. The third kappa shape index (κ3) is 4.81. The molecule has 6 heteroatoms. The highest BCUT2D eigenvalue weighted by molar-refractivity contribution is 7.99. The number of benzene rings is 2. The lowest BCUT2D eigenvalue weighted by Gasteiger charge is -2.19. The van der Waals surface area contributed by atoms with Crippen LogP contribution >= 0.6 is 11.8 Å². The van der Waals surface area contributed by atoms with Crippen molar-refractivity contribution in [2.24, 2.45) is 0 Å². The first kappa shape index (κ1) is 20.1. The lowest BCUT2D eigenvalue weighted by Crippen LogP contribution is -2.15. The summed E-state index contributed by atoms with van der Waals surface area (Å²) in [5.74, 6) is 1.000. The van der Waals surface area contributed by atoms with Crippen LogP contribution in [0.25, 0.3) is 5.69 Å². The maximum atomic E-state index is 12.4. The van der Waals surface area contributed by atoms with Crippen molar-refractivity contribution in [1.29, 1.82) is 0 Å².